The molecule has 1 amide bonds. The number of amides is 1. The highest BCUT2D eigenvalue weighted by atomic mass is 35.5. The number of hydrogen-bond acceptors (Lipinski definition) is 2. The van der Waals surface area contributed by atoms with Crippen LogP contribution in [-0.4, -0.2) is 29.9 Å². The third-order valence-corrected chi connectivity index (χ3v) is 3.53. The van der Waals surface area contributed by atoms with E-state index in [-0.39, 0.29) is 5.91 Å². The standard InChI is InChI=1S/C15H21ClN2O/c1-2-9-17-10-15(19)18(14-7-8-14)11-12-3-5-13(16)6-4-12/h3-6,14,17H,2,7-11H2,1H3. The first-order valence-electron chi connectivity index (χ1n) is 6.95. The van der Waals surface area contributed by atoms with Crippen LogP contribution in [0.25, 0.3) is 0 Å². The third-order valence-electron chi connectivity index (χ3n) is 3.28. The summed E-state index contributed by atoms with van der Waals surface area (Å²) in [7, 11) is 0. The maximum atomic E-state index is 12.2. The zero-order valence-corrected chi connectivity index (χ0v) is 12.1. The van der Waals surface area contributed by atoms with Crippen molar-refractivity contribution in [2.75, 3.05) is 13.1 Å². The van der Waals surface area contributed by atoms with Gasteiger partial charge in [-0.2, -0.15) is 0 Å². The van der Waals surface area contributed by atoms with Crippen molar-refractivity contribution in [3.63, 3.8) is 0 Å². The molecule has 4 heteroatoms. The van der Waals surface area contributed by atoms with E-state index in [1.54, 1.807) is 0 Å². The van der Waals surface area contributed by atoms with E-state index in [9.17, 15) is 4.79 Å². The van der Waals surface area contributed by atoms with Crippen molar-refractivity contribution in [2.45, 2.75) is 38.8 Å². The lowest BCUT2D eigenvalue weighted by molar-refractivity contribution is -0.131. The van der Waals surface area contributed by atoms with Crippen molar-refractivity contribution in [1.82, 2.24) is 10.2 Å². The highest BCUT2D eigenvalue weighted by molar-refractivity contribution is 6.30. The molecule has 1 saturated carbocycles. The van der Waals surface area contributed by atoms with E-state index in [1.165, 1.54) is 0 Å². The van der Waals surface area contributed by atoms with E-state index in [2.05, 4.69) is 12.2 Å². The Morgan fingerprint density at radius 2 is 2.05 bits per heavy atom. The van der Waals surface area contributed by atoms with E-state index < -0.39 is 0 Å². The smallest absolute Gasteiger partial charge is 0.237 e. The number of carbonyl (C=O) groups is 1. The van der Waals surface area contributed by atoms with E-state index in [4.69, 9.17) is 11.6 Å². The number of nitrogens with zero attached hydrogens (tertiary/aromatic N) is 1. The molecule has 0 aromatic heterocycles. The van der Waals surface area contributed by atoms with Crippen LogP contribution in [0.3, 0.4) is 0 Å². The zero-order valence-electron chi connectivity index (χ0n) is 11.4. The van der Waals surface area contributed by atoms with Crippen molar-refractivity contribution in [3.8, 4) is 0 Å². The predicted octanol–water partition coefficient (Wildman–Crippen LogP) is 2.83. The monoisotopic (exact) mass is 280 g/mol. The molecule has 1 aromatic rings. The minimum Gasteiger partial charge on any atom is -0.334 e. The fourth-order valence-electron chi connectivity index (χ4n) is 2.07. The fraction of sp³-hybridized carbons (Fsp3) is 0.533. The summed E-state index contributed by atoms with van der Waals surface area (Å²) in [5.41, 5.74) is 1.14. The third kappa shape index (κ3) is 4.51. The molecule has 2 rings (SSSR count). The fourth-order valence-corrected chi connectivity index (χ4v) is 2.19. The number of benzene rings is 1. The average Bonchev–Trinajstić information content (AvgIpc) is 3.22. The van der Waals surface area contributed by atoms with Crippen molar-refractivity contribution in [2.24, 2.45) is 0 Å². The van der Waals surface area contributed by atoms with E-state index >= 15 is 0 Å². The summed E-state index contributed by atoms with van der Waals surface area (Å²) in [6, 6.07) is 8.17. The summed E-state index contributed by atoms with van der Waals surface area (Å²) in [6.07, 6.45) is 3.31. The number of hydrogen-bond donors (Lipinski definition) is 1. The number of halogens is 1. The van der Waals surface area contributed by atoms with Gasteiger partial charge >= 0.3 is 0 Å². The predicted molar refractivity (Wildman–Crippen MR) is 78.2 cm³/mol. The van der Waals surface area contributed by atoms with Crippen LogP contribution < -0.4 is 5.32 Å². The normalized spacial score (nSPS) is 14.4. The van der Waals surface area contributed by atoms with Gasteiger partial charge in [0, 0.05) is 17.6 Å². The van der Waals surface area contributed by atoms with Crippen LogP contribution in [0.4, 0.5) is 0 Å². The summed E-state index contributed by atoms with van der Waals surface area (Å²) in [5, 5.41) is 3.91. The largest absolute Gasteiger partial charge is 0.334 e. The molecule has 1 fully saturated rings. The Labute approximate surface area is 119 Å². The lowest BCUT2D eigenvalue weighted by Crippen LogP contribution is -2.39. The SMILES string of the molecule is CCCNCC(=O)N(Cc1ccc(Cl)cc1)C1CC1. The van der Waals surface area contributed by atoms with E-state index in [1.807, 2.05) is 29.2 Å². The molecule has 0 spiro atoms. The van der Waals surface area contributed by atoms with Gasteiger partial charge in [0.2, 0.25) is 5.91 Å². The van der Waals surface area contributed by atoms with Crippen LogP contribution in [0.2, 0.25) is 5.02 Å². The van der Waals surface area contributed by atoms with Gasteiger partial charge in [-0.25, -0.2) is 0 Å². The second kappa shape index (κ2) is 6.92. The molecule has 104 valence electrons. The molecule has 0 radical (unpaired) electrons. The van der Waals surface area contributed by atoms with Crippen LogP contribution >= 0.6 is 11.6 Å². The Morgan fingerprint density at radius 3 is 2.63 bits per heavy atom. The Morgan fingerprint density at radius 1 is 1.37 bits per heavy atom. The van der Waals surface area contributed by atoms with Crippen molar-refractivity contribution in [3.05, 3.63) is 34.9 Å². The summed E-state index contributed by atoms with van der Waals surface area (Å²) in [4.78, 5) is 14.2. The first-order valence-corrected chi connectivity index (χ1v) is 7.33. The minimum atomic E-state index is 0.200. The quantitative estimate of drug-likeness (QED) is 0.779. The molecular formula is C15H21ClN2O. The van der Waals surface area contributed by atoms with Crippen molar-refractivity contribution in [1.29, 1.82) is 0 Å². The molecule has 0 unspecified atom stereocenters. The summed E-state index contributed by atoms with van der Waals surface area (Å²) >= 11 is 5.88. The highest BCUT2D eigenvalue weighted by Gasteiger charge is 2.32. The van der Waals surface area contributed by atoms with Crippen LogP contribution in [0.1, 0.15) is 31.7 Å². The molecule has 19 heavy (non-hydrogen) atoms. The summed E-state index contributed by atoms with van der Waals surface area (Å²) < 4.78 is 0. The molecule has 1 aliphatic carbocycles. The van der Waals surface area contributed by atoms with Crippen molar-refractivity contribution < 1.29 is 4.79 Å². The lowest BCUT2D eigenvalue weighted by atomic mass is 10.2. The molecule has 1 N–H and O–H groups in total. The van der Waals surface area contributed by atoms with Gasteiger partial charge in [0.25, 0.3) is 0 Å². The molecule has 0 atom stereocenters. The zero-order chi connectivity index (χ0) is 13.7. The second-order valence-corrected chi connectivity index (χ2v) is 5.49. The molecule has 0 aliphatic heterocycles. The molecular weight excluding hydrogens is 260 g/mol. The van der Waals surface area contributed by atoms with Gasteiger partial charge in [-0.3, -0.25) is 4.79 Å². The van der Waals surface area contributed by atoms with Crippen LogP contribution in [-0.2, 0) is 11.3 Å². The maximum absolute atomic E-state index is 12.2. The number of nitrogens with one attached hydrogen (secondary N) is 1. The first kappa shape index (κ1) is 14.4. The average molecular weight is 281 g/mol. The van der Waals surface area contributed by atoms with Gasteiger partial charge in [-0.05, 0) is 43.5 Å². The van der Waals surface area contributed by atoms with Crippen LogP contribution in [0.5, 0.6) is 0 Å². The molecule has 0 saturated heterocycles. The van der Waals surface area contributed by atoms with Crippen LogP contribution in [0.15, 0.2) is 24.3 Å². The minimum absolute atomic E-state index is 0.200. The van der Waals surface area contributed by atoms with Gasteiger partial charge < -0.3 is 10.2 Å². The summed E-state index contributed by atoms with van der Waals surface area (Å²) in [6.45, 7) is 4.13. The van der Waals surface area contributed by atoms with Gasteiger partial charge in [-0.1, -0.05) is 30.7 Å². The maximum Gasteiger partial charge on any atom is 0.237 e. The molecule has 3 nitrogen and oxygen atoms in total. The van der Waals surface area contributed by atoms with Gasteiger partial charge in [-0.15, -0.1) is 0 Å². The number of carbonyl (C=O) groups excluding carboxylic acids is 1. The Hall–Kier alpha value is -1.06. The Kier molecular flexibility index (Phi) is 5.23. The topological polar surface area (TPSA) is 32.3 Å². The highest BCUT2D eigenvalue weighted by Crippen LogP contribution is 2.28. The van der Waals surface area contributed by atoms with Crippen LogP contribution in [0, 0.1) is 0 Å². The van der Waals surface area contributed by atoms with E-state index in [0.29, 0.717) is 19.1 Å². The van der Waals surface area contributed by atoms with Crippen molar-refractivity contribution >= 4 is 17.5 Å². The van der Waals surface area contributed by atoms with Gasteiger partial charge in [0.05, 0.1) is 6.54 Å². The number of rotatable bonds is 7. The Bertz CT molecular complexity index is 415. The first-order chi connectivity index (χ1) is 9.20. The van der Waals surface area contributed by atoms with Gasteiger partial charge in [0.1, 0.15) is 0 Å². The molecule has 1 aliphatic rings. The lowest BCUT2D eigenvalue weighted by Gasteiger charge is -2.23. The van der Waals surface area contributed by atoms with Gasteiger partial charge in [0.15, 0.2) is 0 Å². The summed E-state index contributed by atoms with van der Waals surface area (Å²) in [5.74, 6) is 0.200. The Balaban J connectivity index is 1.92. The van der Waals surface area contributed by atoms with E-state index in [0.717, 1.165) is 36.4 Å². The second-order valence-electron chi connectivity index (χ2n) is 5.06. The molecule has 1 aromatic carbocycles. The molecule has 0 bridgehead atoms. The molecule has 0 heterocycles.